The fourth-order valence-corrected chi connectivity index (χ4v) is 5.64. The van der Waals surface area contributed by atoms with Crippen molar-refractivity contribution in [2.24, 2.45) is 0 Å². The van der Waals surface area contributed by atoms with E-state index >= 15 is 0 Å². The molecule has 2 amide bonds. The van der Waals surface area contributed by atoms with Crippen LogP contribution in [0.2, 0.25) is 0 Å². The SMILES string of the molecule is CC#N.O=C(Nc1c(-c2ccccc2)c[nH]c1-c1ccccc1)c1cccc(C(=O)Nc2c(-c3ccccc3)c[nH]c2-c2ccccc2)c1. The Morgan fingerprint density at radius 3 is 1.18 bits per heavy atom. The molecule has 0 radical (unpaired) electrons. The molecule has 0 aliphatic carbocycles. The Kier molecular flexibility index (Phi) is 9.89. The topological polar surface area (TPSA) is 114 Å². The summed E-state index contributed by atoms with van der Waals surface area (Å²) >= 11 is 0. The largest absolute Gasteiger partial charge is 0.359 e. The standard InChI is InChI=1S/C40H30N4O2.C2H3N/c45-39(43-37-33(27-14-5-1-6-15-27)25-41-35(37)29-18-9-3-10-19-29)31-22-13-23-32(24-31)40(46)44-38-34(28-16-7-2-8-17-28)26-42-36(38)30-20-11-4-12-21-30;1-2-3/h1-26,41-42H,(H,43,45)(H,44,46);1H3. The van der Waals surface area contributed by atoms with Gasteiger partial charge < -0.3 is 20.6 Å². The van der Waals surface area contributed by atoms with Gasteiger partial charge in [0.1, 0.15) is 0 Å². The number of benzene rings is 5. The second-order valence-electron chi connectivity index (χ2n) is 11.1. The highest BCUT2D eigenvalue weighted by molar-refractivity contribution is 6.12. The maximum Gasteiger partial charge on any atom is 0.255 e. The van der Waals surface area contributed by atoms with Crippen molar-refractivity contribution in [3.8, 4) is 50.8 Å². The number of H-pyrrole nitrogens is 2. The number of nitrogens with one attached hydrogen (secondary N) is 4. The number of hydrogen-bond acceptors (Lipinski definition) is 3. The van der Waals surface area contributed by atoms with Crippen LogP contribution in [0.4, 0.5) is 11.4 Å². The molecule has 7 aromatic rings. The van der Waals surface area contributed by atoms with Crippen LogP contribution in [0.15, 0.2) is 158 Å². The Morgan fingerprint density at radius 1 is 0.510 bits per heavy atom. The molecule has 49 heavy (non-hydrogen) atoms. The number of carbonyl (C=O) groups excluding carboxylic acids is 2. The van der Waals surface area contributed by atoms with Crippen LogP contribution in [0.25, 0.3) is 44.8 Å². The summed E-state index contributed by atoms with van der Waals surface area (Å²) in [7, 11) is 0. The molecule has 0 spiro atoms. The summed E-state index contributed by atoms with van der Waals surface area (Å²) in [5.41, 5.74) is 9.26. The van der Waals surface area contributed by atoms with Crippen LogP contribution in [0.3, 0.4) is 0 Å². The molecule has 7 heteroatoms. The first-order chi connectivity index (χ1) is 24.1. The maximum absolute atomic E-state index is 13.8. The van der Waals surface area contributed by atoms with Gasteiger partial charge in [-0.05, 0) is 29.3 Å². The first-order valence-corrected chi connectivity index (χ1v) is 15.8. The van der Waals surface area contributed by atoms with E-state index in [0.717, 1.165) is 44.8 Å². The number of hydrogen-bond donors (Lipinski definition) is 4. The summed E-state index contributed by atoms with van der Waals surface area (Å²) in [6, 6.07) is 48.1. The van der Waals surface area contributed by atoms with Crippen molar-refractivity contribution in [1.82, 2.24) is 9.97 Å². The molecule has 0 saturated carbocycles. The summed E-state index contributed by atoms with van der Waals surface area (Å²) in [5, 5.41) is 13.6. The maximum atomic E-state index is 13.8. The van der Waals surface area contributed by atoms with Gasteiger partial charge in [0, 0.05) is 52.7 Å². The summed E-state index contributed by atoms with van der Waals surface area (Å²) in [6.45, 7) is 1.43. The lowest BCUT2D eigenvalue weighted by molar-refractivity contribution is 0.102. The van der Waals surface area contributed by atoms with E-state index in [1.807, 2.05) is 134 Å². The zero-order valence-electron chi connectivity index (χ0n) is 26.8. The van der Waals surface area contributed by atoms with Crippen molar-refractivity contribution >= 4 is 23.2 Å². The Bertz CT molecular complexity index is 1950. The molecule has 0 aliphatic rings. The van der Waals surface area contributed by atoms with Gasteiger partial charge in [-0.2, -0.15) is 5.26 Å². The molecule has 238 valence electrons. The van der Waals surface area contributed by atoms with Crippen LogP contribution in [0.1, 0.15) is 27.6 Å². The van der Waals surface area contributed by atoms with Gasteiger partial charge in [0.2, 0.25) is 0 Å². The molecule has 7 nitrogen and oxygen atoms in total. The van der Waals surface area contributed by atoms with Crippen molar-refractivity contribution in [3.05, 3.63) is 169 Å². The molecular weight excluding hydrogens is 606 g/mol. The molecule has 4 N–H and O–H groups in total. The molecule has 2 heterocycles. The third kappa shape index (κ3) is 7.25. The summed E-state index contributed by atoms with van der Waals surface area (Å²) in [6.07, 6.45) is 3.81. The molecule has 0 bridgehead atoms. The van der Waals surface area contributed by atoms with Gasteiger partial charge in [-0.1, -0.05) is 127 Å². The van der Waals surface area contributed by atoms with Crippen molar-refractivity contribution < 1.29 is 9.59 Å². The number of nitriles is 1. The number of aromatic nitrogens is 2. The van der Waals surface area contributed by atoms with Gasteiger partial charge in [-0.25, -0.2) is 0 Å². The number of carbonyl (C=O) groups is 2. The number of rotatable bonds is 8. The van der Waals surface area contributed by atoms with Crippen molar-refractivity contribution in [1.29, 1.82) is 5.26 Å². The number of nitrogens with zero attached hydrogens (tertiary/aromatic N) is 1. The van der Waals surface area contributed by atoms with Crippen molar-refractivity contribution in [3.63, 3.8) is 0 Å². The van der Waals surface area contributed by atoms with Crippen LogP contribution >= 0.6 is 0 Å². The van der Waals surface area contributed by atoms with E-state index < -0.39 is 0 Å². The predicted octanol–water partition coefficient (Wildman–Crippen LogP) is 10.0. The fourth-order valence-electron chi connectivity index (χ4n) is 5.64. The lowest BCUT2D eigenvalue weighted by Crippen LogP contribution is -2.16. The van der Waals surface area contributed by atoms with Crippen LogP contribution in [-0.2, 0) is 0 Å². The van der Waals surface area contributed by atoms with E-state index in [1.54, 1.807) is 30.3 Å². The van der Waals surface area contributed by atoms with Gasteiger partial charge in [-0.15, -0.1) is 0 Å². The minimum atomic E-state index is -0.319. The predicted molar refractivity (Wildman–Crippen MR) is 197 cm³/mol. The van der Waals surface area contributed by atoms with E-state index in [9.17, 15) is 9.59 Å². The van der Waals surface area contributed by atoms with Crippen LogP contribution < -0.4 is 10.6 Å². The second-order valence-corrected chi connectivity index (χ2v) is 11.1. The normalized spacial score (nSPS) is 10.3. The first kappa shape index (κ1) is 32.0. The van der Waals surface area contributed by atoms with Gasteiger partial charge in [0.25, 0.3) is 11.8 Å². The van der Waals surface area contributed by atoms with Crippen LogP contribution in [-0.4, -0.2) is 21.8 Å². The molecule has 0 aliphatic heterocycles. The van der Waals surface area contributed by atoms with Gasteiger partial charge in [0.15, 0.2) is 0 Å². The molecule has 5 aromatic carbocycles. The minimum absolute atomic E-state index is 0.319. The molecular formula is C42H33N5O2. The third-order valence-electron chi connectivity index (χ3n) is 7.92. The average molecular weight is 640 g/mol. The summed E-state index contributed by atoms with van der Waals surface area (Å²) in [5.74, 6) is -0.639. The molecule has 2 aromatic heterocycles. The average Bonchev–Trinajstić information content (AvgIpc) is 3.78. The van der Waals surface area contributed by atoms with Crippen molar-refractivity contribution in [2.75, 3.05) is 10.6 Å². The van der Waals surface area contributed by atoms with Gasteiger partial charge >= 0.3 is 0 Å². The molecule has 0 fully saturated rings. The minimum Gasteiger partial charge on any atom is -0.359 e. The molecule has 7 rings (SSSR count). The number of anilines is 2. The number of amides is 2. The Balaban J connectivity index is 0.00000134. The summed E-state index contributed by atoms with van der Waals surface area (Å²) < 4.78 is 0. The highest BCUT2D eigenvalue weighted by Gasteiger charge is 2.21. The van der Waals surface area contributed by atoms with Gasteiger partial charge in [0.05, 0.1) is 28.8 Å². The Hall–Kier alpha value is -6.91. The third-order valence-corrected chi connectivity index (χ3v) is 7.92. The lowest BCUT2D eigenvalue weighted by atomic mass is 10.0. The first-order valence-electron chi connectivity index (χ1n) is 15.8. The monoisotopic (exact) mass is 639 g/mol. The van der Waals surface area contributed by atoms with Crippen molar-refractivity contribution in [2.45, 2.75) is 6.92 Å². The van der Waals surface area contributed by atoms with E-state index in [1.165, 1.54) is 6.92 Å². The molecule has 0 saturated heterocycles. The highest BCUT2D eigenvalue weighted by Crippen LogP contribution is 2.38. The number of aromatic amines is 2. The Labute approximate surface area is 284 Å². The second kappa shape index (κ2) is 15.1. The van der Waals surface area contributed by atoms with E-state index in [0.29, 0.717) is 22.5 Å². The fraction of sp³-hybridized carbons (Fsp3) is 0.0238. The van der Waals surface area contributed by atoms with E-state index in [2.05, 4.69) is 20.6 Å². The zero-order valence-corrected chi connectivity index (χ0v) is 26.8. The zero-order chi connectivity index (χ0) is 34.0. The van der Waals surface area contributed by atoms with Crippen LogP contribution in [0, 0.1) is 11.3 Å². The molecule has 0 unspecified atom stereocenters. The smallest absolute Gasteiger partial charge is 0.255 e. The van der Waals surface area contributed by atoms with E-state index in [4.69, 9.17) is 5.26 Å². The van der Waals surface area contributed by atoms with E-state index in [-0.39, 0.29) is 11.8 Å². The quantitative estimate of drug-likeness (QED) is 0.133. The lowest BCUT2D eigenvalue weighted by Gasteiger charge is -2.13. The molecule has 0 atom stereocenters. The summed E-state index contributed by atoms with van der Waals surface area (Å²) in [4.78, 5) is 34.3. The Morgan fingerprint density at radius 2 is 0.837 bits per heavy atom. The van der Waals surface area contributed by atoms with Crippen LogP contribution in [0.5, 0.6) is 0 Å². The van der Waals surface area contributed by atoms with Gasteiger partial charge in [-0.3, -0.25) is 9.59 Å². The highest BCUT2D eigenvalue weighted by atomic mass is 16.2.